The highest BCUT2D eigenvalue weighted by Crippen LogP contribution is 2.26. The predicted octanol–water partition coefficient (Wildman–Crippen LogP) is 2.65. The van der Waals surface area contributed by atoms with Crippen LogP contribution in [0.3, 0.4) is 0 Å². The number of benzene rings is 1. The van der Waals surface area contributed by atoms with Crippen molar-refractivity contribution in [2.24, 2.45) is 0 Å². The van der Waals surface area contributed by atoms with Gasteiger partial charge in [-0.1, -0.05) is 19.4 Å². The second kappa shape index (κ2) is 6.13. The minimum atomic E-state index is -0.197. The molecule has 0 aliphatic carbocycles. The number of hydrogen-bond acceptors (Lipinski definition) is 2. The highest BCUT2D eigenvalue weighted by Gasteiger charge is 2.13. The Morgan fingerprint density at radius 3 is 2.76 bits per heavy atom. The summed E-state index contributed by atoms with van der Waals surface area (Å²) < 4.78 is 0. The number of nitrogens with one attached hydrogen (secondary N) is 1. The SMILES string of the molecule is CCCCNC(=O)N(C)c1ccc(C)cc1O. The summed E-state index contributed by atoms with van der Waals surface area (Å²) in [7, 11) is 1.64. The number of amides is 2. The Morgan fingerprint density at radius 2 is 2.18 bits per heavy atom. The van der Waals surface area contributed by atoms with E-state index in [1.54, 1.807) is 19.2 Å². The van der Waals surface area contributed by atoms with Gasteiger partial charge in [0.1, 0.15) is 5.75 Å². The van der Waals surface area contributed by atoms with Crippen molar-refractivity contribution in [1.29, 1.82) is 0 Å². The fourth-order valence-corrected chi connectivity index (χ4v) is 1.52. The lowest BCUT2D eigenvalue weighted by molar-refractivity contribution is 0.247. The molecule has 94 valence electrons. The van der Waals surface area contributed by atoms with Crippen LogP contribution in [0.5, 0.6) is 5.75 Å². The molecule has 2 N–H and O–H groups in total. The molecule has 0 radical (unpaired) electrons. The van der Waals surface area contributed by atoms with Gasteiger partial charge in [-0.15, -0.1) is 0 Å². The Labute approximate surface area is 102 Å². The standard InChI is InChI=1S/C13H20N2O2/c1-4-5-8-14-13(17)15(3)11-7-6-10(2)9-12(11)16/h6-7,9,16H,4-5,8H2,1-3H3,(H,14,17). The molecule has 0 heterocycles. The number of nitrogens with zero attached hydrogens (tertiary/aromatic N) is 1. The van der Waals surface area contributed by atoms with Crippen molar-refractivity contribution < 1.29 is 9.90 Å². The maximum absolute atomic E-state index is 11.8. The van der Waals surface area contributed by atoms with E-state index in [1.807, 2.05) is 13.0 Å². The number of phenols is 1. The van der Waals surface area contributed by atoms with Crippen LogP contribution in [0.1, 0.15) is 25.3 Å². The second-order valence-corrected chi connectivity index (χ2v) is 4.14. The molecule has 0 atom stereocenters. The number of carbonyl (C=O) groups excluding carboxylic acids is 1. The minimum absolute atomic E-state index is 0.123. The van der Waals surface area contributed by atoms with E-state index in [-0.39, 0.29) is 11.8 Å². The Morgan fingerprint density at radius 1 is 1.47 bits per heavy atom. The molecule has 4 nitrogen and oxygen atoms in total. The van der Waals surface area contributed by atoms with Gasteiger partial charge in [-0.2, -0.15) is 0 Å². The number of hydrogen-bond donors (Lipinski definition) is 2. The quantitative estimate of drug-likeness (QED) is 0.790. The van der Waals surface area contributed by atoms with Crippen LogP contribution in [0.25, 0.3) is 0 Å². The van der Waals surface area contributed by atoms with E-state index in [4.69, 9.17) is 0 Å². The first kappa shape index (κ1) is 13.4. The van der Waals surface area contributed by atoms with Crippen LogP contribution in [0.15, 0.2) is 18.2 Å². The van der Waals surface area contributed by atoms with Gasteiger partial charge in [-0.3, -0.25) is 4.90 Å². The van der Waals surface area contributed by atoms with Crippen LogP contribution in [0, 0.1) is 6.92 Å². The van der Waals surface area contributed by atoms with Crippen LogP contribution in [0.4, 0.5) is 10.5 Å². The number of unbranched alkanes of at least 4 members (excludes halogenated alkanes) is 1. The monoisotopic (exact) mass is 236 g/mol. The fraction of sp³-hybridized carbons (Fsp3) is 0.462. The van der Waals surface area contributed by atoms with Gasteiger partial charge in [0.25, 0.3) is 0 Å². The molecule has 4 heteroatoms. The van der Waals surface area contributed by atoms with E-state index in [0.717, 1.165) is 18.4 Å². The molecule has 0 aromatic heterocycles. The highest BCUT2D eigenvalue weighted by atomic mass is 16.3. The van der Waals surface area contributed by atoms with Gasteiger partial charge in [0.2, 0.25) is 0 Å². The summed E-state index contributed by atoms with van der Waals surface area (Å²) in [6.07, 6.45) is 2.00. The average molecular weight is 236 g/mol. The molecule has 0 aliphatic heterocycles. The summed E-state index contributed by atoms with van der Waals surface area (Å²) in [5.41, 5.74) is 1.48. The normalized spacial score (nSPS) is 10.1. The van der Waals surface area contributed by atoms with Gasteiger partial charge in [-0.05, 0) is 31.0 Å². The van der Waals surface area contributed by atoms with E-state index in [9.17, 15) is 9.90 Å². The third kappa shape index (κ3) is 3.66. The lowest BCUT2D eigenvalue weighted by Gasteiger charge is -2.19. The molecule has 2 amide bonds. The van der Waals surface area contributed by atoms with E-state index in [2.05, 4.69) is 12.2 Å². The van der Waals surface area contributed by atoms with Gasteiger partial charge in [0, 0.05) is 13.6 Å². The lowest BCUT2D eigenvalue weighted by Crippen LogP contribution is -2.37. The Hall–Kier alpha value is -1.71. The molecule has 17 heavy (non-hydrogen) atoms. The smallest absolute Gasteiger partial charge is 0.321 e. The molecule has 0 saturated carbocycles. The molecule has 1 aromatic rings. The first-order chi connectivity index (χ1) is 8.06. The number of anilines is 1. The van der Waals surface area contributed by atoms with Crippen molar-refractivity contribution in [3.05, 3.63) is 23.8 Å². The highest BCUT2D eigenvalue weighted by molar-refractivity contribution is 5.92. The number of rotatable bonds is 4. The maximum atomic E-state index is 11.8. The zero-order valence-corrected chi connectivity index (χ0v) is 10.7. The second-order valence-electron chi connectivity index (χ2n) is 4.14. The number of urea groups is 1. The number of aromatic hydroxyl groups is 1. The molecule has 0 fully saturated rings. The van der Waals surface area contributed by atoms with E-state index < -0.39 is 0 Å². The van der Waals surface area contributed by atoms with Gasteiger partial charge in [0.15, 0.2) is 0 Å². The van der Waals surface area contributed by atoms with Crippen LogP contribution in [0.2, 0.25) is 0 Å². The third-order valence-corrected chi connectivity index (χ3v) is 2.60. The molecule has 0 saturated heterocycles. The van der Waals surface area contributed by atoms with Crippen molar-refractivity contribution in [2.45, 2.75) is 26.7 Å². The first-order valence-corrected chi connectivity index (χ1v) is 5.87. The lowest BCUT2D eigenvalue weighted by atomic mass is 10.2. The van der Waals surface area contributed by atoms with Crippen molar-refractivity contribution in [3.8, 4) is 5.75 Å². The summed E-state index contributed by atoms with van der Waals surface area (Å²) in [5.74, 6) is 0.123. The summed E-state index contributed by atoms with van der Waals surface area (Å²) in [4.78, 5) is 13.2. The van der Waals surface area contributed by atoms with E-state index in [1.165, 1.54) is 4.90 Å². The van der Waals surface area contributed by atoms with E-state index >= 15 is 0 Å². The topological polar surface area (TPSA) is 52.6 Å². The van der Waals surface area contributed by atoms with Crippen molar-refractivity contribution in [2.75, 3.05) is 18.5 Å². The van der Waals surface area contributed by atoms with Crippen molar-refractivity contribution >= 4 is 11.7 Å². The zero-order chi connectivity index (χ0) is 12.8. The predicted molar refractivity (Wildman–Crippen MR) is 69.6 cm³/mol. The molecule has 0 bridgehead atoms. The molecular formula is C13H20N2O2. The maximum Gasteiger partial charge on any atom is 0.321 e. The Balaban J connectivity index is 2.68. The van der Waals surface area contributed by atoms with Crippen LogP contribution < -0.4 is 10.2 Å². The van der Waals surface area contributed by atoms with Gasteiger partial charge >= 0.3 is 6.03 Å². The third-order valence-electron chi connectivity index (χ3n) is 2.60. The van der Waals surface area contributed by atoms with Crippen molar-refractivity contribution in [3.63, 3.8) is 0 Å². The van der Waals surface area contributed by atoms with Gasteiger partial charge in [-0.25, -0.2) is 4.79 Å². The Bertz CT molecular complexity index is 391. The summed E-state index contributed by atoms with van der Waals surface area (Å²) in [5, 5.41) is 12.6. The molecule has 1 aromatic carbocycles. The summed E-state index contributed by atoms with van der Waals surface area (Å²) >= 11 is 0. The molecule has 0 unspecified atom stereocenters. The Kier molecular flexibility index (Phi) is 4.82. The number of aryl methyl sites for hydroxylation is 1. The molecule has 1 rings (SSSR count). The first-order valence-electron chi connectivity index (χ1n) is 5.87. The van der Waals surface area contributed by atoms with E-state index in [0.29, 0.717) is 12.2 Å². The zero-order valence-electron chi connectivity index (χ0n) is 10.7. The fourth-order valence-electron chi connectivity index (χ4n) is 1.52. The summed E-state index contributed by atoms with van der Waals surface area (Å²) in [6.45, 7) is 4.62. The average Bonchev–Trinajstić information content (AvgIpc) is 2.28. The van der Waals surface area contributed by atoms with Gasteiger partial charge < -0.3 is 10.4 Å². The summed E-state index contributed by atoms with van der Waals surface area (Å²) in [6, 6.07) is 5.05. The molecular weight excluding hydrogens is 216 g/mol. The molecule has 0 spiro atoms. The molecule has 0 aliphatic rings. The van der Waals surface area contributed by atoms with Crippen LogP contribution in [-0.4, -0.2) is 24.7 Å². The van der Waals surface area contributed by atoms with Gasteiger partial charge in [0.05, 0.1) is 5.69 Å². The van der Waals surface area contributed by atoms with Crippen LogP contribution >= 0.6 is 0 Å². The largest absolute Gasteiger partial charge is 0.506 e. The minimum Gasteiger partial charge on any atom is -0.506 e. The number of carbonyl (C=O) groups is 1. The number of phenolic OH excluding ortho intramolecular Hbond substituents is 1. The van der Waals surface area contributed by atoms with Crippen molar-refractivity contribution in [1.82, 2.24) is 5.32 Å². The van der Waals surface area contributed by atoms with Crippen LogP contribution in [-0.2, 0) is 0 Å².